The summed E-state index contributed by atoms with van der Waals surface area (Å²) < 4.78 is 7.01. The number of nitrogens with one attached hydrogen (secondary N) is 1. The topological polar surface area (TPSA) is 125 Å². The Bertz CT molecular complexity index is 1380. The molecule has 150 valence electrons. The summed E-state index contributed by atoms with van der Waals surface area (Å²) in [6.07, 6.45) is 1.55. The number of benzene rings is 1. The second kappa shape index (κ2) is 6.90. The van der Waals surface area contributed by atoms with Crippen molar-refractivity contribution in [3.8, 4) is 28.8 Å². The highest BCUT2D eigenvalue weighted by Gasteiger charge is 2.31. The number of carbonyl (C=O) groups excluding carboxylic acids is 1. The van der Waals surface area contributed by atoms with E-state index < -0.39 is 17.4 Å². The van der Waals surface area contributed by atoms with E-state index >= 15 is 0 Å². The summed E-state index contributed by atoms with van der Waals surface area (Å²) in [6, 6.07) is 9.99. The van der Waals surface area contributed by atoms with Crippen LogP contribution in [0.3, 0.4) is 0 Å². The molecule has 0 radical (unpaired) electrons. The number of ketones is 1. The van der Waals surface area contributed by atoms with Crippen LogP contribution in [0.1, 0.15) is 21.7 Å². The van der Waals surface area contributed by atoms with E-state index in [4.69, 9.17) is 4.42 Å². The number of H-pyrrole nitrogens is 1. The van der Waals surface area contributed by atoms with Crippen LogP contribution in [0.5, 0.6) is 11.6 Å². The minimum atomic E-state index is -0.548. The van der Waals surface area contributed by atoms with Gasteiger partial charge in [0.15, 0.2) is 17.3 Å². The Balaban J connectivity index is 1.81. The van der Waals surface area contributed by atoms with Gasteiger partial charge >= 0.3 is 0 Å². The van der Waals surface area contributed by atoms with Gasteiger partial charge in [-0.1, -0.05) is 0 Å². The molecule has 0 spiro atoms. The number of thiophene rings is 1. The summed E-state index contributed by atoms with van der Waals surface area (Å²) in [5, 5.41) is 34.3. The van der Waals surface area contributed by atoms with E-state index in [9.17, 15) is 20.1 Å². The van der Waals surface area contributed by atoms with E-state index in [2.05, 4.69) is 9.97 Å². The monoisotopic (exact) mass is 421 g/mol. The van der Waals surface area contributed by atoms with E-state index in [1.54, 1.807) is 53.5 Å². The third kappa shape index (κ3) is 2.71. The summed E-state index contributed by atoms with van der Waals surface area (Å²) in [4.78, 5) is 20.4. The summed E-state index contributed by atoms with van der Waals surface area (Å²) in [5.41, 5.74) is 2.40. The van der Waals surface area contributed by atoms with Gasteiger partial charge in [0.25, 0.3) is 0 Å². The third-order valence-electron chi connectivity index (χ3n) is 4.84. The quantitative estimate of drug-likeness (QED) is 0.320. The zero-order valence-electron chi connectivity index (χ0n) is 15.4. The van der Waals surface area contributed by atoms with Crippen LogP contribution >= 0.6 is 11.3 Å². The highest BCUT2D eigenvalue weighted by Crippen LogP contribution is 2.44. The predicted octanol–water partition coefficient (Wildman–Crippen LogP) is 3.81. The summed E-state index contributed by atoms with van der Waals surface area (Å²) in [6.45, 7) is -0.327. The summed E-state index contributed by atoms with van der Waals surface area (Å²) >= 11 is 1.35. The second-order valence-electron chi connectivity index (χ2n) is 6.60. The molecule has 0 atom stereocenters. The molecule has 1 aromatic carbocycles. The fourth-order valence-corrected chi connectivity index (χ4v) is 4.07. The number of aromatic amines is 1. The number of fused-ring (bicyclic) bond motifs is 1. The first-order valence-electron chi connectivity index (χ1n) is 8.95. The first kappa shape index (κ1) is 18.2. The van der Waals surface area contributed by atoms with Gasteiger partial charge in [0, 0.05) is 10.9 Å². The molecule has 0 bridgehead atoms. The van der Waals surface area contributed by atoms with Gasteiger partial charge in [-0.3, -0.25) is 9.36 Å². The van der Waals surface area contributed by atoms with Crippen LogP contribution in [0.25, 0.3) is 28.2 Å². The molecule has 5 rings (SSSR count). The van der Waals surface area contributed by atoms with Crippen molar-refractivity contribution in [1.29, 1.82) is 0 Å². The highest BCUT2D eigenvalue weighted by molar-refractivity contribution is 7.08. The maximum atomic E-state index is 13.2. The molecule has 4 aromatic heterocycles. The number of aromatic nitrogens is 3. The number of hydrogen-bond donors (Lipinski definition) is 4. The predicted molar refractivity (Wildman–Crippen MR) is 110 cm³/mol. The first-order valence-corrected chi connectivity index (χ1v) is 9.89. The summed E-state index contributed by atoms with van der Waals surface area (Å²) in [7, 11) is 0. The van der Waals surface area contributed by atoms with E-state index in [-0.39, 0.29) is 29.4 Å². The minimum Gasteiger partial charge on any atom is -0.503 e. The number of nitrogens with zero attached hydrogens (tertiary/aromatic N) is 2. The van der Waals surface area contributed by atoms with Crippen molar-refractivity contribution in [3.05, 3.63) is 70.4 Å². The van der Waals surface area contributed by atoms with Crippen molar-refractivity contribution in [1.82, 2.24) is 14.5 Å². The molecule has 0 amide bonds. The van der Waals surface area contributed by atoms with Crippen molar-refractivity contribution in [2.75, 3.05) is 0 Å². The number of rotatable bonds is 5. The molecule has 4 N–H and O–H groups in total. The highest BCUT2D eigenvalue weighted by atomic mass is 32.1. The lowest BCUT2D eigenvalue weighted by Crippen LogP contribution is -2.03. The van der Waals surface area contributed by atoms with Gasteiger partial charge in [0.2, 0.25) is 5.88 Å². The Kier molecular flexibility index (Phi) is 4.19. The zero-order chi connectivity index (χ0) is 20.8. The lowest BCUT2D eigenvalue weighted by Gasteiger charge is -2.10. The molecule has 0 aliphatic heterocycles. The number of aromatic hydroxyl groups is 2. The molecule has 0 aliphatic rings. The largest absolute Gasteiger partial charge is 0.503 e. The lowest BCUT2D eigenvalue weighted by atomic mass is 10.0. The zero-order valence-corrected chi connectivity index (χ0v) is 16.2. The molecule has 0 unspecified atom stereocenters. The lowest BCUT2D eigenvalue weighted by molar-refractivity contribution is 0.103. The molecule has 4 heterocycles. The Morgan fingerprint density at radius 3 is 2.80 bits per heavy atom. The maximum Gasteiger partial charge on any atom is 0.240 e. The summed E-state index contributed by atoms with van der Waals surface area (Å²) in [5.74, 6) is -0.993. The Labute approximate surface area is 173 Å². The molecule has 0 saturated heterocycles. The molecule has 30 heavy (non-hydrogen) atoms. The Morgan fingerprint density at radius 1 is 1.20 bits per heavy atom. The fourth-order valence-electron chi connectivity index (χ4n) is 3.44. The van der Waals surface area contributed by atoms with Gasteiger partial charge in [0.05, 0.1) is 28.6 Å². The van der Waals surface area contributed by atoms with E-state index in [0.717, 1.165) is 5.52 Å². The van der Waals surface area contributed by atoms with Crippen LogP contribution in [0, 0.1) is 0 Å². The Morgan fingerprint density at radius 2 is 2.07 bits per heavy atom. The molecular weight excluding hydrogens is 406 g/mol. The Hall–Kier alpha value is -3.82. The fraction of sp³-hybridized carbons (Fsp3) is 0.0476. The van der Waals surface area contributed by atoms with Gasteiger partial charge in [-0.2, -0.15) is 11.3 Å². The smallest absolute Gasteiger partial charge is 0.240 e. The van der Waals surface area contributed by atoms with Crippen molar-refractivity contribution in [2.24, 2.45) is 0 Å². The van der Waals surface area contributed by atoms with Gasteiger partial charge in [0.1, 0.15) is 18.1 Å². The van der Waals surface area contributed by atoms with Crippen LogP contribution in [0.4, 0.5) is 0 Å². The SMILES string of the molecule is O=C(c1ccsc1)c1c(O)c(O)n(-c2ccc3nc[nH]c3c2)c1-c1ccc(CO)o1. The van der Waals surface area contributed by atoms with Gasteiger partial charge < -0.3 is 24.7 Å². The van der Waals surface area contributed by atoms with Crippen molar-refractivity contribution < 1.29 is 24.5 Å². The first-order chi connectivity index (χ1) is 14.6. The third-order valence-corrected chi connectivity index (χ3v) is 5.53. The van der Waals surface area contributed by atoms with Crippen LogP contribution < -0.4 is 0 Å². The van der Waals surface area contributed by atoms with Crippen molar-refractivity contribution >= 4 is 28.2 Å². The molecule has 0 aliphatic carbocycles. The molecule has 8 nitrogen and oxygen atoms in total. The number of carbonyl (C=O) groups is 1. The average Bonchev–Trinajstić information content (AvgIpc) is 3.54. The molecule has 0 saturated carbocycles. The van der Waals surface area contributed by atoms with Gasteiger partial charge in [-0.05, 0) is 41.8 Å². The second-order valence-corrected chi connectivity index (χ2v) is 7.38. The molecule has 9 heteroatoms. The van der Waals surface area contributed by atoms with E-state index in [0.29, 0.717) is 16.8 Å². The van der Waals surface area contributed by atoms with Crippen molar-refractivity contribution in [3.63, 3.8) is 0 Å². The number of hydrogen-bond acceptors (Lipinski definition) is 7. The maximum absolute atomic E-state index is 13.2. The number of aliphatic hydroxyl groups is 1. The average molecular weight is 421 g/mol. The van der Waals surface area contributed by atoms with Crippen LogP contribution in [-0.4, -0.2) is 35.6 Å². The van der Waals surface area contributed by atoms with Crippen molar-refractivity contribution in [2.45, 2.75) is 6.61 Å². The van der Waals surface area contributed by atoms with Gasteiger partial charge in [-0.15, -0.1) is 0 Å². The normalized spacial score (nSPS) is 11.4. The molecule has 5 aromatic rings. The number of furan rings is 1. The minimum absolute atomic E-state index is 0.0885. The van der Waals surface area contributed by atoms with Crippen LogP contribution in [0.2, 0.25) is 0 Å². The van der Waals surface area contributed by atoms with Gasteiger partial charge in [-0.25, -0.2) is 4.98 Å². The van der Waals surface area contributed by atoms with E-state index in [1.165, 1.54) is 15.9 Å². The van der Waals surface area contributed by atoms with Crippen LogP contribution in [0.15, 0.2) is 57.9 Å². The van der Waals surface area contributed by atoms with Crippen LogP contribution in [-0.2, 0) is 6.61 Å². The van der Waals surface area contributed by atoms with E-state index in [1.807, 2.05) is 0 Å². The molecular formula is C21H15N3O5S. The molecule has 0 fully saturated rings. The standard InChI is InChI=1S/C21H15N3O5S/c25-8-13-2-4-16(29-13)18-17(19(26)11-5-6-30-9-11)20(27)21(28)24(18)12-1-3-14-15(7-12)23-10-22-14/h1-7,9-10,25,27-28H,8H2,(H,22,23). The number of imidazole rings is 1. The number of aliphatic hydroxyl groups excluding tert-OH is 1.